The summed E-state index contributed by atoms with van der Waals surface area (Å²) in [5.74, 6) is 0. The van der Waals surface area contributed by atoms with E-state index in [9.17, 15) is 0 Å². The first-order valence-corrected chi connectivity index (χ1v) is 20.5. The predicted molar refractivity (Wildman–Crippen MR) is 212 cm³/mol. The smallest absolute Gasteiger partial charge is 0.0615 e. The van der Waals surface area contributed by atoms with Crippen LogP contribution in [0.3, 0.4) is 0 Å². The van der Waals surface area contributed by atoms with E-state index in [0.717, 1.165) is 0 Å². The lowest BCUT2D eigenvalue weighted by Gasteiger charge is -2.28. The van der Waals surface area contributed by atoms with Crippen molar-refractivity contribution < 1.29 is 0 Å². The van der Waals surface area contributed by atoms with E-state index in [0.29, 0.717) is 0 Å². The van der Waals surface area contributed by atoms with Crippen LogP contribution in [0.1, 0.15) is 128 Å². The average molecular weight is 639 g/mol. The summed E-state index contributed by atoms with van der Waals surface area (Å²) in [5, 5.41) is 3.07. The minimum absolute atomic E-state index is 0.101. The highest BCUT2D eigenvalue weighted by Crippen LogP contribution is 2.56. The van der Waals surface area contributed by atoms with Crippen molar-refractivity contribution in [2.24, 2.45) is 0 Å². The summed E-state index contributed by atoms with van der Waals surface area (Å²) >= 11 is 0. The monoisotopic (exact) mass is 638 g/mol. The molecule has 4 aromatic carbocycles. The Morgan fingerprint density at radius 1 is 0.298 bits per heavy atom. The van der Waals surface area contributed by atoms with Gasteiger partial charge in [-0.25, -0.2) is 0 Å². The number of allylic oxidation sites excluding steroid dienone is 2. The van der Waals surface area contributed by atoms with E-state index >= 15 is 0 Å². The van der Waals surface area contributed by atoms with Gasteiger partial charge in [-0.2, -0.15) is 0 Å². The fourth-order valence-corrected chi connectivity index (χ4v) is 11.0. The van der Waals surface area contributed by atoms with E-state index in [4.69, 9.17) is 0 Å². The van der Waals surface area contributed by atoms with Gasteiger partial charge in [0.25, 0.3) is 0 Å². The van der Waals surface area contributed by atoms with E-state index in [1.165, 1.54) is 66.0 Å². The molecule has 1 aliphatic heterocycles. The Kier molecular flexibility index (Phi) is 8.85. The second-order valence-corrected chi connectivity index (χ2v) is 22.7. The lowest BCUT2D eigenvalue weighted by Crippen LogP contribution is -2.28. The van der Waals surface area contributed by atoms with Crippen molar-refractivity contribution in [2.75, 3.05) is 0 Å². The maximum Gasteiger partial charge on any atom is 0.115 e. The van der Waals surface area contributed by atoms with Gasteiger partial charge in [-0.05, 0) is 87.7 Å². The number of rotatable bonds is 4. The van der Waals surface area contributed by atoms with Crippen molar-refractivity contribution in [3.05, 3.63) is 142 Å². The molecule has 0 saturated heterocycles. The second-order valence-electron chi connectivity index (χ2n) is 18.4. The normalized spacial score (nSPS) is 15.9. The summed E-state index contributed by atoms with van der Waals surface area (Å²) in [4.78, 5) is 0. The lowest BCUT2D eigenvalue weighted by molar-refractivity contribution is 0.590. The van der Waals surface area contributed by atoms with Gasteiger partial charge in [0.2, 0.25) is 0 Å². The Hall–Kier alpha value is -3.42. The van der Waals surface area contributed by atoms with Crippen LogP contribution < -0.4 is 0 Å². The largest absolute Gasteiger partial charge is 0.115 e. The third kappa shape index (κ3) is 6.93. The molecule has 1 heterocycles. The fourth-order valence-electron chi connectivity index (χ4n) is 7.14. The SMILES string of the molecule is CC(C)(C)c1ccc(C2=C(c3ccc(C(C)(C)C)cc3)[Si](C)(C)C(c3ccc(C(C)(C)C)cc3)=C2c2ccc(C(C)(C)C)cc2)cc1. The van der Waals surface area contributed by atoms with Crippen LogP contribution in [0.2, 0.25) is 13.1 Å². The van der Waals surface area contributed by atoms with E-state index in [1.54, 1.807) is 0 Å². The van der Waals surface area contributed by atoms with E-state index in [2.05, 4.69) is 193 Å². The summed E-state index contributed by atoms with van der Waals surface area (Å²) in [6, 6.07) is 38.0. The van der Waals surface area contributed by atoms with Crippen LogP contribution in [0.5, 0.6) is 0 Å². The topological polar surface area (TPSA) is 0 Å². The lowest BCUT2D eigenvalue weighted by atomic mass is 9.82. The van der Waals surface area contributed by atoms with Crippen LogP contribution in [0.4, 0.5) is 0 Å². The van der Waals surface area contributed by atoms with Crippen LogP contribution in [0.25, 0.3) is 21.5 Å². The molecule has 0 fully saturated rings. The molecule has 246 valence electrons. The van der Waals surface area contributed by atoms with Gasteiger partial charge in [-0.15, -0.1) is 0 Å². The van der Waals surface area contributed by atoms with Gasteiger partial charge in [0.05, 0.1) is 0 Å². The molecule has 0 aliphatic carbocycles. The molecular weight excluding hydrogens is 581 g/mol. The first-order chi connectivity index (χ1) is 21.6. The van der Waals surface area contributed by atoms with Gasteiger partial charge >= 0.3 is 0 Å². The molecule has 0 bridgehead atoms. The zero-order valence-corrected chi connectivity index (χ0v) is 32.7. The van der Waals surface area contributed by atoms with Crippen LogP contribution in [-0.4, -0.2) is 8.07 Å². The summed E-state index contributed by atoms with van der Waals surface area (Å²) in [5.41, 5.74) is 14.0. The highest BCUT2D eigenvalue weighted by Gasteiger charge is 2.44. The Labute approximate surface area is 288 Å². The van der Waals surface area contributed by atoms with Gasteiger partial charge in [-0.1, -0.05) is 193 Å². The van der Waals surface area contributed by atoms with Crippen molar-refractivity contribution >= 4 is 29.6 Å². The molecule has 0 amide bonds. The summed E-state index contributed by atoms with van der Waals surface area (Å²) in [7, 11) is -2.24. The molecule has 47 heavy (non-hydrogen) atoms. The Bertz CT molecular complexity index is 1660. The van der Waals surface area contributed by atoms with Gasteiger partial charge < -0.3 is 0 Å². The third-order valence-electron chi connectivity index (χ3n) is 10.2. The van der Waals surface area contributed by atoms with Crippen LogP contribution in [0, 0.1) is 0 Å². The Balaban J connectivity index is 1.86. The van der Waals surface area contributed by atoms with Crippen molar-refractivity contribution in [1.29, 1.82) is 0 Å². The van der Waals surface area contributed by atoms with E-state index in [-0.39, 0.29) is 21.7 Å². The molecule has 1 aliphatic rings. The summed E-state index contributed by atoms with van der Waals surface area (Å²) in [6.45, 7) is 32.8. The van der Waals surface area contributed by atoms with E-state index < -0.39 is 8.07 Å². The molecule has 0 radical (unpaired) electrons. The first kappa shape index (κ1) is 34.9. The average Bonchev–Trinajstić information content (AvgIpc) is 3.22. The maximum absolute atomic E-state index is 2.58. The standard InChI is InChI=1S/C46H58Si/c1-43(2,3)35-23-15-31(16-24-35)39-40(32-17-25-36(26-18-32)44(4,5)6)42(34-21-29-38(30-22-34)46(10,11)12)47(13,14)41(39)33-19-27-37(28-20-33)45(7,8)9/h15-30H,1-14H3. The zero-order valence-electron chi connectivity index (χ0n) is 31.7. The number of hydrogen-bond acceptors (Lipinski definition) is 0. The summed E-state index contributed by atoms with van der Waals surface area (Å²) < 4.78 is 0. The molecule has 0 N–H and O–H groups in total. The second kappa shape index (κ2) is 11.9. The molecule has 4 aromatic rings. The molecule has 0 saturated carbocycles. The van der Waals surface area contributed by atoms with Gasteiger partial charge in [0.1, 0.15) is 8.07 Å². The van der Waals surface area contributed by atoms with Crippen LogP contribution >= 0.6 is 0 Å². The number of hydrogen-bond donors (Lipinski definition) is 0. The third-order valence-corrected chi connectivity index (χ3v) is 13.7. The van der Waals surface area contributed by atoms with Crippen molar-refractivity contribution in [1.82, 2.24) is 0 Å². The zero-order chi connectivity index (χ0) is 34.7. The van der Waals surface area contributed by atoms with Gasteiger partial charge in [-0.3, -0.25) is 0 Å². The Morgan fingerprint density at radius 3 is 0.681 bits per heavy atom. The predicted octanol–water partition coefficient (Wildman–Crippen LogP) is 13.2. The highest BCUT2D eigenvalue weighted by molar-refractivity contribution is 7.13. The van der Waals surface area contributed by atoms with Crippen molar-refractivity contribution in [3.8, 4) is 0 Å². The molecule has 0 spiro atoms. The van der Waals surface area contributed by atoms with Crippen LogP contribution in [-0.2, 0) is 21.7 Å². The minimum atomic E-state index is -2.24. The first-order valence-electron chi connectivity index (χ1n) is 17.5. The quantitative estimate of drug-likeness (QED) is 0.195. The fraction of sp³-hybridized carbons (Fsp3) is 0.391. The maximum atomic E-state index is 2.58. The van der Waals surface area contributed by atoms with Gasteiger partial charge in [0, 0.05) is 0 Å². The van der Waals surface area contributed by atoms with Gasteiger partial charge in [0.15, 0.2) is 0 Å². The van der Waals surface area contributed by atoms with E-state index in [1.807, 2.05) is 0 Å². The Morgan fingerprint density at radius 2 is 0.489 bits per heavy atom. The molecule has 5 rings (SSSR count). The molecule has 0 unspecified atom stereocenters. The van der Waals surface area contributed by atoms with Crippen LogP contribution in [0.15, 0.2) is 97.1 Å². The molecule has 1 heteroatoms. The molecular formula is C46H58Si. The van der Waals surface area contributed by atoms with Crippen molar-refractivity contribution in [2.45, 2.75) is 118 Å². The summed E-state index contributed by atoms with van der Waals surface area (Å²) in [6.07, 6.45) is 0. The molecule has 0 aromatic heterocycles. The minimum Gasteiger partial charge on any atom is -0.0615 e. The molecule has 0 nitrogen and oxygen atoms in total. The number of benzene rings is 4. The molecule has 0 atom stereocenters. The van der Waals surface area contributed by atoms with Crippen molar-refractivity contribution in [3.63, 3.8) is 0 Å². The highest BCUT2D eigenvalue weighted by atomic mass is 28.3.